The number of hydrogen-bond donors (Lipinski definition) is 1. The molecule has 0 aliphatic heterocycles. The standard InChI is InChI=1S/C19H20FN3O2/c1-11-7-12(2)23(4)19(25)17(11)18(24)22(3)10-15-9-13-8-14(20)5-6-16(13)21-15/h5-9,21H,10H2,1-4H3. The molecule has 0 saturated carbocycles. The van der Waals surface area contributed by atoms with Gasteiger partial charge >= 0.3 is 0 Å². The fourth-order valence-electron chi connectivity index (χ4n) is 3.01. The third kappa shape index (κ3) is 3.07. The molecule has 0 fully saturated rings. The number of carbonyl (C=O) groups excluding carboxylic acids is 1. The first-order valence-corrected chi connectivity index (χ1v) is 7.97. The van der Waals surface area contributed by atoms with E-state index in [4.69, 9.17) is 0 Å². The van der Waals surface area contributed by atoms with E-state index in [-0.39, 0.29) is 22.8 Å². The van der Waals surface area contributed by atoms with Crippen LogP contribution in [0.25, 0.3) is 10.9 Å². The molecule has 1 amide bonds. The summed E-state index contributed by atoms with van der Waals surface area (Å²) >= 11 is 0. The van der Waals surface area contributed by atoms with Gasteiger partial charge in [0.25, 0.3) is 11.5 Å². The Bertz CT molecular complexity index is 1030. The van der Waals surface area contributed by atoms with Crippen molar-refractivity contribution < 1.29 is 9.18 Å². The number of H-pyrrole nitrogens is 1. The van der Waals surface area contributed by atoms with E-state index in [1.165, 1.54) is 21.6 Å². The average molecular weight is 341 g/mol. The Morgan fingerprint density at radius 2 is 1.96 bits per heavy atom. The summed E-state index contributed by atoms with van der Waals surface area (Å²) in [5.74, 6) is -0.635. The van der Waals surface area contributed by atoms with E-state index < -0.39 is 0 Å². The molecule has 0 saturated heterocycles. The molecule has 0 aliphatic rings. The van der Waals surface area contributed by atoms with Crippen LogP contribution >= 0.6 is 0 Å². The molecule has 5 nitrogen and oxygen atoms in total. The van der Waals surface area contributed by atoms with Gasteiger partial charge in [-0.3, -0.25) is 9.59 Å². The van der Waals surface area contributed by atoms with Gasteiger partial charge in [-0.05, 0) is 49.7 Å². The third-order valence-corrected chi connectivity index (χ3v) is 4.47. The highest BCUT2D eigenvalue weighted by Crippen LogP contribution is 2.18. The molecule has 3 aromatic rings. The van der Waals surface area contributed by atoms with Gasteiger partial charge in [0.1, 0.15) is 11.4 Å². The summed E-state index contributed by atoms with van der Waals surface area (Å²) in [6.45, 7) is 3.89. The Morgan fingerprint density at radius 3 is 2.68 bits per heavy atom. The normalized spacial score (nSPS) is 11.1. The molecule has 1 aromatic carbocycles. The topological polar surface area (TPSA) is 58.1 Å². The number of rotatable bonds is 3. The highest BCUT2D eigenvalue weighted by Gasteiger charge is 2.20. The van der Waals surface area contributed by atoms with Crippen molar-refractivity contribution in [3.05, 3.63) is 69.0 Å². The summed E-state index contributed by atoms with van der Waals surface area (Å²) in [6, 6.07) is 8.13. The van der Waals surface area contributed by atoms with Gasteiger partial charge < -0.3 is 14.5 Å². The van der Waals surface area contributed by atoms with Crippen LogP contribution in [0.1, 0.15) is 27.3 Å². The Balaban J connectivity index is 1.90. The van der Waals surface area contributed by atoms with Crippen molar-refractivity contribution in [2.24, 2.45) is 7.05 Å². The number of aromatic nitrogens is 2. The largest absolute Gasteiger partial charge is 0.357 e. The number of nitrogens with one attached hydrogen (secondary N) is 1. The van der Waals surface area contributed by atoms with Crippen LogP contribution in [0.3, 0.4) is 0 Å². The van der Waals surface area contributed by atoms with Gasteiger partial charge in [-0.15, -0.1) is 0 Å². The van der Waals surface area contributed by atoms with E-state index >= 15 is 0 Å². The Kier molecular flexibility index (Phi) is 4.20. The Hall–Kier alpha value is -2.89. The van der Waals surface area contributed by atoms with Gasteiger partial charge in [-0.25, -0.2) is 4.39 Å². The average Bonchev–Trinajstić information content (AvgIpc) is 2.93. The predicted octanol–water partition coefficient (Wildman–Crippen LogP) is 2.89. The van der Waals surface area contributed by atoms with Crippen LogP contribution in [-0.4, -0.2) is 27.4 Å². The zero-order chi connectivity index (χ0) is 18.3. The third-order valence-electron chi connectivity index (χ3n) is 4.47. The lowest BCUT2D eigenvalue weighted by atomic mass is 10.1. The number of amides is 1. The second-order valence-corrected chi connectivity index (χ2v) is 6.40. The first kappa shape index (κ1) is 17.0. The SMILES string of the molecule is Cc1cc(C)n(C)c(=O)c1C(=O)N(C)Cc1cc2cc(F)ccc2[nH]1. The fourth-order valence-corrected chi connectivity index (χ4v) is 3.01. The van der Waals surface area contributed by atoms with Crippen molar-refractivity contribution in [3.63, 3.8) is 0 Å². The molecule has 0 atom stereocenters. The van der Waals surface area contributed by atoms with Crippen LogP contribution in [0.15, 0.2) is 35.1 Å². The first-order chi connectivity index (χ1) is 11.8. The monoisotopic (exact) mass is 341 g/mol. The lowest BCUT2D eigenvalue weighted by molar-refractivity contribution is 0.0780. The van der Waals surface area contributed by atoms with E-state index in [1.54, 1.807) is 27.1 Å². The maximum Gasteiger partial charge on any atom is 0.263 e. The number of carbonyl (C=O) groups is 1. The highest BCUT2D eigenvalue weighted by molar-refractivity contribution is 5.95. The van der Waals surface area contributed by atoms with Gasteiger partial charge in [-0.2, -0.15) is 0 Å². The van der Waals surface area contributed by atoms with Gasteiger partial charge in [0, 0.05) is 36.4 Å². The quantitative estimate of drug-likeness (QED) is 0.796. The molecule has 6 heteroatoms. The van der Waals surface area contributed by atoms with E-state index in [0.29, 0.717) is 12.1 Å². The van der Waals surface area contributed by atoms with Crippen LogP contribution in [0.2, 0.25) is 0 Å². The number of fused-ring (bicyclic) bond motifs is 1. The fraction of sp³-hybridized carbons (Fsp3) is 0.263. The molecule has 130 valence electrons. The Morgan fingerprint density at radius 1 is 1.24 bits per heavy atom. The summed E-state index contributed by atoms with van der Waals surface area (Å²) in [6.07, 6.45) is 0. The maximum atomic E-state index is 13.3. The minimum Gasteiger partial charge on any atom is -0.357 e. The second kappa shape index (κ2) is 6.20. The van der Waals surface area contributed by atoms with E-state index in [1.807, 2.05) is 19.1 Å². The van der Waals surface area contributed by atoms with E-state index in [0.717, 1.165) is 22.3 Å². The molecular formula is C19H20FN3O2. The number of aromatic amines is 1. The van der Waals surface area contributed by atoms with Crippen molar-refractivity contribution in [3.8, 4) is 0 Å². The van der Waals surface area contributed by atoms with E-state index in [2.05, 4.69) is 4.98 Å². The first-order valence-electron chi connectivity index (χ1n) is 7.97. The molecule has 25 heavy (non-hydrogen) atoms. The second-order valence-electron chi connectivity index (χ2n) is 6.40. The lowest BCUT2D eigenvalue weighted by Gasteiger charge is -2.18. The summed E-state index contributed by atoms with van der Waals surface area (Å²) in [4.78, 5) is 29.9. The molecule has 0 spiro atoms. The molecule has 2 heterocycles. The Labute approximate surface area is 144 Å². The number of pyridine rings is 1. The minimum absolute atomic E-state index is 0.178. The van der Waals surface area contributed by atoms with Crippen molar-refractivity contribution in [2.75, 3.05) is 7.05 Å². The van der Waals surface area contributed by atoms with Crippen LogP contribution in [-0.2, 0) is 13.6 Å². The van der Waals surface area contributed by atoms with E-state index in [9.17, 15) is 14.0 Å². The zero-order valence-corrected chi connectivity index (χ0v) is 14.7. The number of hydrogen-bond acceptors (Lipinski definition) is 2. The van der Waals surface area contributed by atoms with Crippen LogP contribution in [0, 0.1) is 19.7 Å². The van der Waals surface area contributed by atoms with Crippen molar-refractivity contribution in [2.45, 2.75) is 20.4 Å². The van der Waals surface area contributed by atoms with Crippen molar-refractivity contribution in [1.29, 1.82) is 0 Å². The molecule has 1 N–H and O–H groups in total. The van der Waals surface area contributed by atoms with Gasteiger partial charge in [0.05, 0.1) is 6.54 Å². The minimum atomic E-state index is -0.331. The summed E-state index contributed by atoms with van der Waals surface area (Å²) < 4.78 is 14.8. The van der Waals surface area contributed by atoms with Crippen LogP contribution < -0.4 is 5.56 Å². The van der Waals surface area contributed by atoms with Crippen molar-refractivity contribution in [1.82, 2.24) is 14.5 Å². The number of benzene rings is 1. The highest BCUT2D eigenvalue weighted by atomic mass is 19.1. The van der Waals surface area contributed by atoms with Crippen LogP contribution in [0.4, 0.5) is 4.39 Å². The molecule has 2 aromatic heterocycles. The molecule has 3 rings (SSSR count). The smallest absolute Gasteiger partial charge is 0.263 e. The summed E-state index contributed by atoms with van der Waals surface area (Å²) in [5, 5.41) is 0.748. The molecule has 0 aliphatic carbocycles. The zero-order valence-electron chi connectivity index (χ0n) is 14.7. The maximum absolute atomic E-state index is 13.3. The summed E-state index contributed by atoms with van der Waals surface area (Å²) in [5.41, 5.74) is 2.93. The molecule has 0 unspecified atom stereocenters. The lowest BCUT2D eigenvalue weighted by Crippen LogP contribution is -2.35. The summed E-state index contributed by atoms with van der Waals surface area (Å²) in [7, 11) is 3.30. The number of aryl methyl sites for hydroxylation is 2. The van der Waals surface area contributed by atoms with Gasteiger partial charge in [0.2, 0.25) is 0 Å². The predicted molar refractivity (Wildman–Crippen MR) is 95.2 cm³/mol. The number of nitrogens with zero attached hydrogens (tertiary/aromatic N) is 2. The molecule has 0 radical (unpaired) electrons. The molecular weight excluding hydrogens is 321 g/mol. The number of halogens is 1. The van der Waals surface area contributed by atoms with Crippen LogP contribution in [0.5, 0.6) is 0 Å². The van der Waals surface area contributed by atoms with Gasteiger partial charge in [0.15, 0.2) is 0 Å². The molecule has 0 bridgehead atoms. The van der Waals surface area contributed by atoms with Crippen molar-refractivity contribution >= 4 is 16.8 Å². The van der Waals surface area contributed by atoms with Gasteiger partial charge in [-0.1, -0.05) is 0 Å².